The van der Waals surface area contributed by atoms with Crippen LogP contribution in [0.25, 0.3) is 0 Å². The van der Waals surface area contributed by atoms with Crippen molar-refractivity contribution in [3.63, 3.8) is 0 Å². The minimum Gasteiger partial charge on any atom is -0.329 e. The molecule has 2 aromatic rings. The van der Waals surface area contributed by atoms with Gasteiger partial charge in [-0.2, -0.15) is 5.26 Å². The highest BCUT2D eigenvalue weighted by atomic mass is 32.2. The molecule has 0 aliphatic heterocycles. The van der Waals surface area contributed by atoms with Crippen molar-refractivity contribution in [1.29, 1.82) is 5.26 Å². The van der Waals surface area contributed by atoms with Crippen LogP contribution < -0.4 is 4.72 Å². The van der Waals surface area contributed by atoms with E-state index in [1.54, 1.807) is 18.0 Å². The molecule has 0 spiro atoms. The number of nitrogens with one attached hydrogen (secondary N) is 1. The number of rotatable bonds is 5. The molecule has 1 fully saturated rings. The Morgan fingerprint density at radius 1 is 1.24 bits per heavy atom. The number of imidazole rings is 1. The monoisotopic (exact) mass is 376 g/mol. The topological polar surface area (TPSA) is 87.8 Å². The lowest BCUT2D eigenvalue weighted by Gasteiger charge is -2.28. The van der Waals surface area contributed by atoms with Gasteiger partial charge in [-0.3, -0.25) is 0 Å². The van der Waals surface area contributed by atoms with Gasteiger partial charge in [-0.15, -0.1) is 0 Å². The molecule has 1 aromatic heterocycles. The third-order valence-electron chi connectivity index (χ3n) is 4.34. The van der Waals surface area contributed by atoms with E-state index >= 15 is 0 Å². The number of thioether (sulfide) groups is 1. The highest BCUT2D eigenvalue weighted by Crippen LogP contribution is 2.33. The largest absolute Gasteiger partial charge is 0.329 e. The minimum absolute atomic E-state index is 0.0427. The molecule has 0 radical (unpaired) electrons. The molecular weight excluding hydrogens is 356 g/mol. The Hall–Kier alpha value is -1.82. The van der Waals surface area contributed by atoms with E-state index in [2.05, 4.69) is 9.71 Å². The molecule has 3 rings (SSSR count). The number of aromatic nitrogens is 2. The van der Waals surface area contributed by atoms with E-state index in [9.17, 15) is 8.42 Å². The van der Waals surface area contributed by atoms with Gasteiger partial charge in [-0.25, -0.2) is 18.1 Å². The molecule has 0 amide bonds. The molecule has 1 heterocycles. The van der Waals surface area contributed by atoms with Crippen LogP contribution in [-0.4, -0.2) is 29.3 Å². The lowest BCUT2D eigenvalue weighted by Crippen LogP contribution is -2.38. The zero-order chi connectivity index (χ0) is 17.9. The highest BCUT2D eigenvalue weighted by Gasteiger charge is 2.26. The smallest absolute Gasteiger partial charge is 0.240 e. The molecule has 1 aliphatic rings. The fourth-order valence-corrected chi connectivity index (χ4v) is 5.37. The summed E-state index contributed by atoms with van der Waals surface area (Å²) in [5, 5.41) is 10.3. The highest BCUT2D eigenvalue weighted by molar-refractivity contribution is 7.99. The second kappa shape index (κ2) is 7.60. The summed E-state index contributed by atoms with van der Waals surface area (Å²) in [6.07, 6.45) is 7.27. The number of sulfonamides is 1. The Labute approximate surface area is 152 Å². The van der Waals surface area contributed by atoms with Gasteiger partial charge in [0.05, 0.1) is 16.5 Å². The molecule has 1 saturated carbocycles. The maximum Gasteiger partial charge on any atom is 0.240 e. The van der Waals surface area contributed by atoms with Crippen LogP contribution in [0.3, 0.4) is 0 Å². The quantitative estimate of drug-likeness (QED) is 0.867. The van der Waals surface area contributed by atoms with E-state index in [1.165, 1.54) is 24.3 Å². The van der Waals surface area contributed by atoms with Gasteiger partial charge in [0, 0.05) is 30.7 Å². The number of nitrogens with zero attached hydrogens (tertiary/aromatic N) is 3. The SMILES string of the molecule is Cn1ccnc1SC1CCC(NS(=O)(=O)c2ccc(C#N)cc2)CC1. The summed E-state index contributed by atoms with van der Waals surface area (Å²) in [7, 11) is -1.56. The Kier molecular flexibility index (Phi) is 5.47. The summed E-state index contributed by atoms with van der Waals surface area (Å²) in [5.41, 5.74) is 0.450. The van der Waals surface area contributed by atoms with Crippen molar-refractivity contribution in [2.24, 2.45) is 7.05 Å². The van der Waals surface area contributed by atoms with Crippen molar-refractivity contribution in [3.8, 4) is 6.07 Å². The summed E-state index contributed by atoms with van der Waals surface area (Å²) in [6.45, 7) is 0. The first-order chi connectivity index (χ1) is 12.0. The maximum absolute atomic E-state index is 12.5. The molecule has 1 aromatic carbocycles. The molecule has 0 saturated heterocycles. The number of hydrogen-bond donors (Lipinski definition) is 1. The van der Waals surface area contributed by atoms with Crippen LogP contribution in [0.15, 0.2) is 46.7 Å². The van der Waals surface area contributed by atoms with Gasteiger partial charge in [-0.1, -0.05) is 11.8 Å². The Morgan fingerprint density at radius 2 is 1.92 bits per heavy atom. The lowest BCUT2D eigenvalue weighted by molar-refractivity contribution is 0.419. The van der Waals surface area contributed by atoms with Gasteiger partial charge < -0.3 is 4.57 Å². The van der Waals surface area contributed by atoms with Crippen molar-refractivity contribution >= 4 is 21.8 Å². The predicted octanol–water partition coefficient (Wildman–Crippen LogP) is 2.67. The Morgan fingerprint density at radius 3 is 2.48 bits per heavy atom. The molecule has 6 nitrogen and oxygen atoms in total. The molecule has 132 valence electrons. The van der Waals surface area contributed by atoms with Gasteiger partial charge in [0.25, 0.3) is 0 Å². The molecule has 8 heteroatoms. The average molecular weight is 377 g/mol. The molecule has 0 unspecified atom stereocenters. The normalized spacial score (nSPS) is 21.0. The van der Waals surface area contributed by atoms with E-state index in [0.29, 0.717) is 10.8 Å². The van der Waals surface area contributed by atoms with Gasteiger partial charge >= 0.3 is 0 Å². The number of hydrogen-bond acceptors (Lipinski definition) is 5. The van der Waals surface area contributed by atoms with Gasteiger partial charge in [0.15, 0.2) is 5.16 Å². The molecule has 1 aliphatic carbocycles. The van der Waals surface area contributed by atoms with Crippen LogP contribution in [0.1, 0.15) is 31.2 Å². The van der Waals surface area contributed by atoms with Crippen LogP contribution in [0.5, 0.6) is 0 Å². The molecule has 1 N–H and O–H groups in total. The van der Waals surface area contributed by atoms with E-state index < -0.39 is 10.0 Å². The van der Waals surface area contributed by atoms with Crippen molar-refractivity contribution in [3.05, 3.63) is 42.2 Å². The number of aryl methyl sites for hydroxylation is 1. The van der Waals surface area contributed by atoms with E-state index in [-0.39, 0.29) is 10.9 Å². The van der Waals surface area contributed by atoms with Crippen molar-refractivity contribution in [1.82, 2.24) is 14.3 Å². The second-order valence-corrected chi connectivity index (χ2v) is 9.15. The minimum atomic E-state index is -3.54. The van der Waals surface area contributed by atoms with Crippen LogP contribution in [0.2, 0.25) is 0 Å². The average Bonchev–Trinajstić information content (AvgIpc) is 3.01. The van der Waals surface area contributed by atoms with Crippen LogP contribution in [-0.2, 0) is 17.1 Å². The lowest BCUT2D eigenvalue weighted by atomic mass is 9.96. The number of nitriles is 1. The zero-order valence-electron chi connectivity index (χ0n) is 13.9. The van der Waals surface area contributed by atoms with Gasteiger partial charge in [-0.05, 0) is 49.9 Å². The summed E-state index contributed by atoms with van der Waals surface area (Å²) in [6, 6.07) is 7.94. The third kappa shape index (κ3) is 4.42. The van der Waals surface area contributed by atoms with Gasteiger partial charge in [0.2, 0.25) is 10.0 Å². The maximum atomic E-state index is 12.5. The molecular formula is C17H20N4O2S2. The third-order valence-corrected chi connectivity index (χ3v) is 7.28. The molecule has 0 atom stereocenters. The fourth-order valence-electron chi connectivity index (χ4n) is 2.91. The molecule has 25 heavy (non-hydrogen) atoms. The first-order valence-electron chi connectivity index (χ1n) is 8.14. The van der Waals surface area contributed by atoms with E-state index in [0.717, 1.165) is 30.8 Å². The summed E-state index contributed by atoms with van der Waals surface area (Å²) < 4.78 is 29.7. The summed E-state index contributed by atoms with van der Waals surface area (Å²) >= 11 is 1.76. The Balaban J connectivity index is 1.56. The van der Waals surface area contributed by atoms with Crippen LogP contribution in [0.4, 0.5) is 0 Å². The van der Waals surface area contributed by atoms with Crippen LogP contribution >= 0.6 is 11.8 Å². The molecule has 0 bridgehead atoms. The second-order valence-electron chi connectivity index (χ2n) is 6.17. The van der Waals surface area contributed by atoms with E-state index in [1.807, 2.05) is 23.9 Å². The Bertz CT molecular complexity index is 861. The standard InChI is InChI=1S/C17H20N4O2S2/c1-21-11-10-19-17(21)24-15-6-4-14(5-7-15)20-25(22,23)16-8-2-13(12-18)3-9-16/h2-3,8-11,14-15,20H,4-7H2,1H3. The zero-order valence-corrected chi connectivity index (χ0v) is 15.6. The van der Waals surface area contributed by atoms with Crippen molar-refractivity contribution in [2.45, 2.75) is 47.0 Å². The fraction of sp³-hybridized carbons (Fsp3) is 0.412. The van der Waals surface area contributed by atoms with Crippen molar-refractivity contribution in [2.75, 3.05) is 0 Å². The van der Waals surface area contributed by atoms with E-state index in [4.69, 9.17) is 5.26 Å². The summed E-state index contributed by atoms with van der Waals surface area (Å²) in [5.74, 6) is 0. The first kappa shape index (κ1) is 18.0. The van der Waals surface area contributed by atoms with Crippen molar-refractivity contribution < 1.29 is 8.42 Å². The van der Waals surface area contributed by atoms with Crippen LogP contribution in [0, 0.1) is 11.3 Å². The number of benzene rings is 1. The van der Waals surface area contributed by atoms with Gasteiger partial charge in [0.1, 0.15) is 0 Å². The first-order valence-corrected chi connectivity index (χ1v) is 10.5. The summed E-state index contributed by atoms with van der Waals surface area (Å²) in [4.78, 5) is 4.54. The predicted molar refractivity (Wildman–Crippen MR) is 96.6 cm³/mol.